The molecule has 102 valence electrons. The van der Waals surface area contributed by atoms with Crippen LogP contribution in [0.5, 0.6) is 0 Å². The van der Waals surface area contributed by atoms with Gasteiger partial charge in [0.05, 0.1) is 6.10 Å². The highest BCUT2D eigenvalue weighted by Gasteiger charge is 2.63. The van der Waals surface area contributed by atoms with Crippen LogP contribution in [0, 0.1) is 16.7 Å². The van der Waals surface area contributed by atoms with Crippen molar-refractivity contribution in [2.24, 2.45) is 16.7 Å². The molecule has 0 radical (unpaired) electrons. The third-order valence-corrected chi connectivity index (χ3v) is 6.39. The van der Waals surface area contributed by atoms with E-state index in [1.54, 1.807) is 0 Å². The zero-order valence-corrected chi connectivity index (χ0v) is 11.6. The summed E-state index contributed by atoms with van der Waals surface area (Å²) in [7, 11) is -1.33. The third-order valence-electron chi connectivity index (χ3n) is 5.15. The molecule has 0 aromatic heterocycles. The van der Waals surface area contributed by atoms with E-state index in [-0.39, 0.29) is 10.8 Å². The monoisotopic (exact) mass is 272 g/mol. The second kappa shape index (κ2) is 4.46. The Bertz CT molecular complexity index is 415. The Hall–Kier alpha value is -0.680. The van der Waals surface area contributed by atoms with Crippen molar-refractivity contribution >= 4 is 16.8 Å². The molecule has 0 aromatic rings. The lowest BCUT2D eigenvalue weighted by Gasteiger charge is -2.39. The van der Waals surface area contributed by atoms with Gasteiger partial charge in [-0.2, -0.15) is 0 Å². The number of fused-ring (bicyclic) bond motifs is 2. The van der Waals surface area contributed by atoms with Crippen LogP contribution in [0.3, 0.4) is 0 Å². The summed E-state index contributed by atoms with van der Waals surface area (Å²) in [5.74, 6) is -0.231. The third kappa shape index (κ3) is 1.93. The van der Waals surface area contributed by atoms with Crippen LogP contribution in [-0.4, -0.2) is 32.2 Å². The molecule has 0 saturated heterocycles. The predicted molar refractivity (Wildman–Crippen MR) is 69.3 cm³/mol. The van der Waals surface area contributed by atoms with Gasteiger partial charge in [-0.25, -0.2) is 4.79 Å². The summed E-state index contributed by atoms with van der Waals surface area (Å²) in [5, 5.41) is 20.0. The molecule has 2 aliphatic carbocycles. The van der Waals surface area contributed by atoms with Gasteiger partial charge in [0.15, 0.2) is 0 Å². The average Bonchev–Trinajstić information content (AvgIpc) is 2.60. The second-order valence-electron chi connectivity index (χ2n) is 6.03. The normalized spacial score (nSPS) is 39.3. The topological polar surface area (TPSA) is 74.6 Å². The minimum absolute atomic E-state index is 0.0147. The van der Waals surface area contributed by atoms with Crippen molar-refractivity contribution in [1.82, 2.24) is 0 Å². The smallest absolute Gasteiger partial charge is 0.328 e. The van der Waals surface area contributed by atoms with E-state index in [1.165, 1.54) is 5.41 Å². The number of carboxylic acid groups (broad SMARTS) is 1. The summed E-state index contributed by atoms with van der Waals surface area (Å²) in [6, 6.07) is 0. The van der Waals surface area contributed by atoms with Crippen molar-refractivity contribution in [3.63, 3.8) is 0 Å². The Balaban J connectivity index is 2.16. The van der Waals surface area contributed by atoms with Crippen molar-refractivity contribution in [3.05, 3.63) is 11.5 Å². The highest BCUT2D eigenvalue weighted by molar-refractivity contribution is 7.88. The highest BCUT2D eigenvalue weighted by atomic mass is 32.2. The average molecular weight is 272 g/mol. The molecule has 2 rings (SSSR count). The maximum absolute atomic E-state index is 12.0. The lowest BCUT2D eigenvalue weighted by molar-refractivity contribution is -0.131. The Morgan fingerprint density at radius 1 is 1.50 bits per heavy atom. The fourth-order valence-corrected chi connectivity index (χ4v) is 5.40. The van der Waals surface area contributed by atoms with Crippen molar-refractivity contribution in [2.45, 2.75) is 39.2 Å². The number of carbonyl (C=O) groups is 1. The van der Waals surface area contributed by atoms with Crippen LogP contribution in [0.1, 0.15) is 33.1 Å². The van der Waals surface area contributed by atoms with Gasteiger partial charge in [0.1, 0.15) is 0 Å². The number of rotatable bonds is 4. The van der Waals surface area contributed by atoms with E-state index in [9.17, 15) is 14.1 Å². The first-order chi connectivity index (χ1) is 8.29. The van der Waals surface area contributed by atoms with Gasteiger partial charge in [-0.05, 0) is 30.6 Å². The Morgan fingerprint density at radius 2 is 2.17 bits per heavy atom. The lowest BCUT2D eigenvalue weighted by atomic mass is 9.70. The Morgan fingerprint density at radius 3 is 2.61 bits per heavy atom. The van der Waals surface area contributed by atoms with Crippen molar-refractivity contribution in [2.75, 3.05) is 5.75 Å². The first-order valence-electron chi connectivity index (χ1n) is 6.26. The minimum Gasteiger partial charge on any atom is -0.478 e. The van der Waals surface area contributed by atoms with Crippen molar-refractivity contribution in [1.29, 1.82) is 0 Å². The quantitative estimate of drug-likeness (QED) is 0.761. The molecule has 0 aromatic carbocycles. The van der Waals surface area contributed by atoms with E-state index < -0.39 is 22.9 Å². The molecule has 2 aliphatic rings. The molecule has 0 spiro atoms. The number of carboxylic acids is 1. The standard InChI is InChI=1S/C13H20O4S/c1-12(2)9-3-5-13(12,10(14)7-9)8-18(17)6-4-11(15)16/h4,6,9-10,14H,3,5,7-8H2,1-2H3,(H,15,16)/b6-4-/t9-,10-,13-,18-/m1/s1. The van der Waals surface area contributed by atoms with E-state index in [0.717, 1.165) is 25.3 Å². The summed E-state index contributed by atoms with van der Waals surface area (Å²) in [6.07, 6.45) is 3.26. The molecule has 4 nitrogen and oxygen atoms in total. The van der Waals surface area contributed by atoms with Crippen molar-refractivity contribution in [3.8, 4) is 0 Å². The SMILES string of the molecule is CC1(C)[C@@H]2CC[C@@]1(C[S@](=O)/C=C\C(=O)O)[C@H](O)C2. The zero-order chi connectivity index (χ0) is 13.6. The van der Waals surface area contributed by atoms with Gasteiger partial charge >= 0.3 is 5.97 Å². The van der Waals surface area contributed by atoms with Gasteiger partial charge < -0.3 is 10.2 Å². The predicted octanol–water partition coefficient (Wildman–Crippen LogP) is 1.52. The molecule has 0 aliphatic heterocycles. The molecule has 2 fully saturated rings. The number of aliphatic carboxylic acids is 1. The Kier molecular flexibility index (Phi) is 3.40. The van der Waals surface area contributed by atoms with Gasteiger partial charge in [-0.15, -0.1) is 0 Å². The van der Waals surface area contributed by atoms with Gasteiger partial charge in [0, 0.05) is 33.5 Å². The van der Waals surface area contributed by atoms with Crippen LogP contribution in [-0.2, 0) is 15.6 Å². The fraction of sp³-hybridized carbons (Fsp3) is 0.769. The summed E-state index contributed by atoms with van der Waals surface area (Å²) in [5.41, 5.74) is -0.329. The maximum atomic E-state index is 12.0. The van der Waals surface area contributed by atoms with Gasteiger partial charge in [0.25, 0.3) is 0 Å². The van der Waals surface area contributed by atoms with Gasteiger partial charge in [-0.1, -0.05) is 13.8 Å². The van der Waals surface area contributed by atoms with Crippen LogP contribution in [0.4, 0.5) is 0 Å². The molecule has 4 atom stereocenters. The van der Waals surface area contributed by atoms with Crippen LogP contribution in [0.15, 0.2) is 11.5 Å². The first kappa shape index (κ1) is 13.7. The summed E-state index contributed by atoms with van der Waals surface area (Å²) < 4.78 is 12.0. The van der Waals surface area contributed by atoms with Crippen LogP contribution in [0.2, 0.25) is 0 Å². The molecule has 2 N–H and O–H groups in total. The molecule has 2 bridgehead atoms. The van der Waals surface area contributed by atoms with E-state index in [0.29, 0.717) is 11.7 Å². The number of aliphatic hydroxyl groups is 1. The molecule has 5 heteroatoms. The van der Waals surface area contributed by atoms with Crippen LogP contribution in [0.25, 0.3) is 0 Å². The molecule has 18 heavy (non-hydrogen) atoms. The molecule has 0 amide bonds. The molecular weight excluding hydrogens is 252 g/mol. The second-order valence-corrected chi connectivity index (χ2v) is 7.35. The largest absolute Gasteiger partial charge is 0.478 e. The lowest BCUT2D eigenvalue weighted by Crippen LogP contribution is -2.43. The zero-order valence-electron chi connectivity index (χ0n) is 10.8. The van der Waals surface area contributed by atoms with Crippen molar-refractivity contribution < 1.29 is 19.2 Å². The summed E-state index contributed by atoms with van der Waals surface area (Å²) in [4.78, 5) is 10.4. The minimum atomic E-state index is -1.33. The highest BCUT2D eigenvalue weighted by Crippen LogP contribution is 2.65. The van der Waals surface area contributed by atoms with E-state index in [4.69, 9.17) is 5.11 Å². The molecular formula is C13H20O4S. The number of aliphatic hydroxyl groups excluding tert-OH is 1. The summed E-state index contributed by atoms with van der Waals surface area (Å²) >= 11 is 0. The Labute approximate surface area is 110 Å². The van der Waals surface area contributed by atoms with Crippen LogP contribution < -0.4 is 0 Å². The van der Waals surface area contributed by atoms with E-state index in [2.05, 4.69) is 13.8 Å². The molecule has 0 unspecified atom stereocenters. The number of hydrogen-bond donors (Lipinski definition) is 2. The van der Waals surface area contributed by atoms with Crippen LogP contribution >= 0.6 is 0 Å². The van der Waals surface area contributed by atoms with E-state index in [1.807, 2.05) is 0 Å². The first-order valence-corrected chi connectivity index (χ1v) is 7.64. The fourth-order valence-electron chi connectivity index (χ4n) is 3.82. The van der Waals surface area contributed by atoms with Gasteiger partial charge in [0.2, 0.25) is 0 Å². The summed E-state index contributed by atoms with van der Waals surface area (Å²) in [6.45, 7) is 4.28. The molecule has 2 saturated carbocycles. The maximum Gasteiger partial charge on any atom is 0.328 e. The van der Waals surface area contributed by atoms with Gasteiger partial charge in [-0.3, -0.25) is 4.21 Å². The molecule has 0 heterocycles. The van der Waals surface area contributed by atoms with E-state index >= 15 is 0 Å². The number of hydrogen-bond acceptors (Lipinski definition) is 3.